The number of fused-ring (bicyclic) bond motifs is 3. The number of rotatable bonds is 6. The molecule has 1 fully saturated rings. The van der Waals surface area contributed by atoms with Gasteiger partial charge in [-0.25, -0.2) is 9.97 Å². The van der Waals surface area contributed by atoms with Gasteiger partial charge < -0.3 is 29.4 Å². The molecular formula is C34H35ClF3N7O5. The zero-order valence-electron chi connectivity index (χ0n) is 28.0. The second-order valence-corrected chi connectivity index (χ2v) is 13.5. The fraction of sp³-hybridized carbons (Fsp3) is 0.412. The summed E-state index contributed by atoms with van der Waals surface area (Å²) in [4.78, 5) is 69.9. The highest BCUT2D eigenvalue weighted by molar-refractivity contribution is 6.33. The first kappa shape index (κ1) is 34.9. The van der Waals surface area contributed by atoms with Crippen molar-refractivity contribution in [2.24, 2.45) is 0 Å². The van der Waals surface area contributed by atoms with Crippen LogP contribution in [0.1, 0.15) is 64.8 Å². The van der Waals surface area contributed by atoms with Crippen LogP contribution >= 0.6 is 11.6 Å². The number of ether oxygens (including phenoxy) is 1. The molecule has 2 amide bonds. The van der Waals surface area contributed by atoms with Gasteiger partial charge in [-0.2, -0.15) is 13.2 Å². The molecule has 0 bridgehead atoms. The van der Waals surface area contributed by atoms with Gasteiger partial charge in [0.1, 0.15) is 17.9 Å². The van der Waals surface area contributed by atoms with Crippen LogP contribution in [-0.2, 0) is 22.9 Å². The van der Waals surface area contributed by atoms with Crippen LogP contribution in [-0.4, -0.2) is 70.5 Å². The second kappa shape index (κ2) is 12.8. The number of benzene rings is 1. The number of aromatic amines is 1. The number of nitrogens with zero attached hydrogens (tertiary/aromatic N) is 5. The topological polar surface area (TPSA) is 143 Å². The van der Waals surface area contributed by atoms with Gasteiger partial charge >= 0.3 is 6.18 Å². The fourth-order valence-electron chi connectivity index (χ4n) is 7.24. The molecule has 1 spiro atoms. The quantitative estimate of drug-likeness (QED) is 0.289. The number of aromatic nitrogens is 4. The van der Waals surface area contributed by atoms with Gasteiger partial charge in [0.05, 0.1) is 29.6 Å². The van der Waals surface area contributed by atoms with Crippen molar-refractivity contribution in [3.8, 4) is 5.88 Å². The third kappa shape index (κ3) is 5.97. The van der Waals surface area contributed by atoms with E-state index in [0.29, 0.717) is 41.9 Å². The molecule has 50 heavy (non-hydrogen) atoms. The summed E-state index contributed by atoms with van der Waals surface area (Å²) in [5.74, 6) is -0.764. The maximum absolute atomic E-state index is 14.4. The van der Waals surface area contributed by atoms with Crippen molar-refractivity contribution >= 4 is 46.1 Å². The van der Waals surface area contributed by atoms with Crippen molar-refractivity contribution in [1.29, 1.82) is 0 Å². The smallest absolute Gasteiger partial charge is 0.416 e. The summed E-state index contributed by atoms with van der Waals surface area (Å²) in [5, 5.41) is 2.32. The van der Waals surface area contributed by atoms with E-state index in [4.69, 9.17) is 16.3 Å². The minimum Gasteiger partial charge on any atom is -0.482 e. The van der Waals surface area contributed by atoms with Gasteiger partial charge in [-0.1, -0.05) is 18.5 Å². The van der Waals surface area contributed by atoms with Gasteiger partial charge in [-0.15, -0.1) is 0 Å². The van der Waals surface area contributed by atoms with Gasteiger partial charge in [0, 0.05) is 55.6 Å². The Morgan fingerprint density at radius 1 is 1.18 bits per heavy atom. The largest absolute Gasteiger partial charge is 0.482 e. The SMILES string of the molecule is COc1[nH]cc(C)c(=O)c1C(=O)N1CCC2(CC1)C[C@H](C)c1c2c(=O)c2nc(N(C)C)cnc2n1CC(=O)Nc1ccc(C(F)(F)F)cc1Cl. The zero-order chi connectivity index (χ0) is 36.3. The van der Waals surface area contributed by atoms with Crippen LogP contribution in [0.3, 0.4) is 0 Å². The number of H-pyrrole nitrogens is 1. The van der Waals surface area contributed by atoms with E-state index < -0.39 is 34.4 Å². The Bertz CT molecular complexity index is 2160. The molecule has 1 saturated heterocycles. The Labute approximate surface area is 289 Å². The van der Waals surface area contributed by atoms with Gasteiger partial charge in [-0.05, 0) is 50.3 Å². The molecule has 4 aromatic rings. The molecule has 1 atom stereocenters. The Balaban J connectivity index is 1.38. The van der Waals surface area contributed by atoms with E-state index in [1.165, 1.54) is 19.5 Å². The number of anilines is 2. The van der Waals surface area contributed by atoms with E-state index in [0.717, 1.165) is 18.2 Å². The fourth-order valence-corrected chi connectivity index (χ4v) is 7.46. The zero-order valence-corrected chi connectivity index (χ0v) is 28.8. The third-order valence-corrected chi connectivity index (χ3v) is 9.98. The molecule has 16 heteroatoms. The lowest BCUT2D eigenvalue weighted by molar-refractivity contribution is -0.137. The predicted octanol–water partition coefficient (Wildman–Crippen LogP) is 4.85. The average molecular weight is 714 g/mol. The third-order valence-electron chi connectivity index (χ3n) is 9.67. The molecule has 3 aromatic heterocycles. The van der Waals surface area contributed by atoms with Crippen LogP contribution in [0, 0.1) is 6.92 Å². The first-order valence-electron chi connectivity index (χ1n) is 15.9. The summed E-state index contributed by atoms with van der Waals surface area (Å²) in [7, 11) is 4.89. The van der Waals surface area contributed by atoms with Crippen molar-refractivity contribution < 1.29 is 27.5 Å². The number of carbonyl (C=O) groups excluding carboxylic acids is 2. The molecule has 0 saturated carbocycles. The van der Waals surface area contributed by atoms with Gasteiger partial charge in [0.2, 0.25) is 22.6 Å². The van der Waals surface area contributed by atoms with E-state index in [1.807, 2.05) is 6.92 Å². The van der Waals surface area contributed by atoms with Crippen molar-refractivity contribution in [3.63, 3.8) is 0 Å². The molecule has 0 unspecified atom stereocenters. The standard InChI is InChI=1S/C34H35ClF3N7O5/c1-17-13-33(8-10-44(11-9-33)32(49)24-28(47)18(2)14-40-31(24)50-5)25-27(17)45(30-26(29(25)48)42-22(15-39-30)43(3)4)16-23(46)41-21-7-6-19(12-20(21)35)34(36,37)38/h6-7,12,14-15,17H,8-11,13,16H2,1-5H3,(H,40,47)(H,41,46)/t17-/m0/s1. The Kier molecular flexibility index (Phi) is 8.91. The molecular weight excluding hydrogens is 679 g/mol. The van der Waals surface area contributed by atoms with Gasteiger partial charge in [0.25, 0.3) is 5.91 Å². The lowest BCUT2D eigenvalue weighted by Crippen LogP contribution is -2.47. The number of alkyl halides is 3. The summed E-state index contributed by atoms with van der Waals surface area (Å²) < 4.78 is 46.5. The lowest BCUT2D eigenvalue weighted by atomic mass is 9.73. The maximum atomic E-state index is 14.4. The molecule has 2 N–H and O–H groups in total. The summed E-state index contributed by atoms with van der Waals surface area (Å²) in [6, 6.07) is 2.66. The Morgan fingerprint density at radius 3 is 2.50 bits per heavy atom. The summed E-state index contributed by atoms with van der Waals surface area (Å²) in [6.45, 7) is 3.75. The molecule has 1 aliphatic heterocycles. The number of pyridine rings is 2. The number of carbonyl (C=O) groups is 2. The number of nitrogens with one attached hydrogen (secondary N) is 2. The summed E-state index contributed by atoms with van der Waals surface area (Å²) in [6.07, 6.45) is -0.244. The van der Waals surface area contributed by atoms with E-state index in [2.05, 4.69) is 20.3 Å². The monoisotopic (exact) mass is 713 g/mol. The number of amides is 2. The highest BCUT2D eigenvalue weighted by atomic mass is 35.5. The molecule has 2 aliphatic rings. The van der Waals surface area contributed by atoms with E-state index >= 15 is 0 Å². The van der Waals surface area contributed by atoms with E-state index in [9.17, 15) is 32.3 Å². The molecule has 4 heterocycles. The lowest BCUT2D eigenvalue weighted by Gasteiger charge is -2.40. The minimum atomic E-state index is -4.60. The van der Waals surface area contributed by atoms with Crippen molar-refractivity contribution in [1.82, 2.24) is 24.4 Å². The Hall–Kier alpha value is -4.92. The minimum absolute atomic E-state index is 0.00160. The number of aryl methyl sites for hydroxylation is 1. The molecule has 0 radical (unpaired) electrons. The highest BCUT2D eigenvalue weighted by Gasteiger charge is 2.49. The molecule has 264 valence electrons. The molecule has 12 nitrogen and oxygen atoms in total. The molecule has 6 rings (SSSR count). The predicted molar refractivity (Wildman–Crippen MR) is 181 cm³/mol. The van der Waals surface area contributed by atoms with Crippen LogP contribution in [0.2, 0.25) is 5.02 Å². The van der Waals surface area contributed by atoms with Crippen molar-refractivity contribution in [2.45, 2.75) is 57.2 Å². The number of likely N-dealkylation sites (tertiary alicyclic amines) is 1. The normalized spacial score (nSPS) is 16.8. The van der Waals surface area contributed by atoms with Crippen LogP contribution in [0.25, 0.3) is 11.2 Å². The summed E-state index contributed by atoms with van der Waals surface area (Å²) in [5.41, 5.74) is -0.689. The number of hydrogen-bond donors (Lipinski definition) is 2. The van der Waals surface area contributed by atoms with E-state index in [1.54, 1.807) is 35.4 Å². The van der Waals surface area contributed by atoms with E-state index in [-0.39, 0.29) is 64.3 Å². The molecule has 1 aromatic carbocycles. The van der Waals surface area contributed by atoms with Crippen LogP contribution in [0.5, 0.6) is 5.88 Å². The first-order valence-corrected chi connectivity index (χ1v) is 16.3. The van der Waals surface area contributed by atoms with Gasteiger partial charge in [0.15, 0.2) is 11.2 Å². The van der Waals surface area contributed by atoms with Crippen molar-refractivity contribution in [2.75, 3.05) is 44.5 Å². The second-order valence-electron chi connectivity index (χ2n) is 13.1. The van der Waals surface area contributed by atoms with Crippen LogP contribution in [0.15, 0.2) is 40.2 Å². The van der Waals surface area contributed by atoms with Gasteiger partial charge in [-0.3, -0.25) is 19.2 Å². The number of halogens is 4. The Morgan fingerprint density at radius 2 is 1.88 bits per heavy atom. The number of hydrogen-bond acceptors (Lipinski definition) is 8. The van der Waals surface area contributed by atoms with Crippen molar-refractivity contribution in [3.05, 3.63) is 84.0 Å². The molecule has 1 aliphatic carbocycles. The number of piperidine rings is 1. The number of methoxy groups -OCH3 is 1. The first-order chi connectivity index (χ1) is 23.6. The average Bonchev–Trinajstić information content (AvgIpc) is 3.35. The van der Waals surface area contributed by atoms with Crippen LogP contribution in [0.4, 0.5) is 24.7 Å². The van der Waals surface area contributed by atoms with Crippen LogP contribution < -0.4 is 25.8 Å². The highest BCUT2D eigenvalue weighted by Crippen LogP contribution is 2.51. The summed E-state index contributed by atoms with van der Waals surface area (Å²) >= 11 is 6.12. The maximum Gasteiger partial charge on any atom is 0.416 e.